The normalized spacial score (nSPS) is 23.3. The molecule has 0 atom stereocenters. The van der Waals surface area contributed by atoms with Crippen molar-refractivity contribution in [3.63, 3.8) is 0 Å². The van der Waals surface area contributed by atoms with E-state index in [1.54, 1.807) is 20.9 Å². The Labute approximate surface area is 69.8 Å². The average molecular weight is 177 g/mol. The maximum atomic E-state index is 11.2. The van der Waals surface area contributed by atoms with Crippen molar-refractivity contribution in [2.45, 2.75) is 19.4 Å². The van der Waals surface area contributed by atoms with Crippen LogP contribution in [-0.2, 0) is 4.79 Å². The van der Waals surface area contributed by atoms with Crippen LogP contribution in [0.1, 0.15) is 13.8 Å². The Morgan fingerprint density at radius 3 is 1.91 bits per heavy atom. The van der Waals surface area contributed by atoms with Crippen molar-refractivity contribution in [2.75, 3.05) is 7.05 Å². The van der Waals surface area contributed by atoms with Gasteiger partial charge < -0.3 is 4.90 Å². The molecule has 4 nitrogen and oxygen atoms in total. The van der Waals surface area contributed by atoms with Crippen LogP contribution in [0.2, 0.25) is 0 Å². The van der Waals surface area contributed by atoms with E-state index in [-0.39, 0.29) is 5.91 Å². The number of hydrogen-bond donors (Lipinski definition) is 0. The molecule has 0 unspecified atom stereocenters. The van der Waals surface area contributed by atoms with Gasteiger partial charge in [-0.1, -0.05) is 0 Å². The Hall–Kier alpha value is -0.770. The number of imide groups is 1. The van der Waals surface area contributed by atoms with Gasteiger partial charge >= 0.3 is 6.03 Å². The summed E-state index contributed by atoms with van der Waals surface area (Å²) in [5.41, 5.74) is -0.807. The summed E-state index contributed by atoms with van der Waals surface area (Å²) < 4.78 is 0.611. The van der Waals surface area contributed by atoms with Gasteiger partial charge in [-0.05, 0) is 13.8 Å². The Kier molecular flexibility index (Phi) is 1.59. The van der Waals surface area contributed by atoms with Crippen LogP contribution < -0.4 is 0 Å². The highest BCUT2D eigenvalue weighted by Gasteiger charge is 2.48. The first kappa shape index (κ1) is 8.33. The van der Waals surface area contributed by atoms with E-state index in [0.717, 1.165) is 0 Å². The minimum absolute atomic E-state index is 0.383. The van der Waals surface area contributed by atoms with E-state index >= 15 is 0 Å². The molecule has 0 aliphatic carbocycles. The Balaban J connectivity index is 3.06. The first-order valence-electron chi connectivity index (χ1n) is 3.17. The first-order valence-corrected chi connectivity index (χ1v) is 3.51. The molecule has 3 amide bonds. The second-order valence-electron chi connectivity index (χ2n) is 2.99. The van der Waals surface area contributed by atoms with Crippen molar-refractivity contribution in [1.82, 2.24) is 9.32 Å². The van der Waals surface area contributed by atoms with Gasteiger partial charge in [0.05, 0.1) is 0 Å². The van der Waals surface area contributed by atoms with E-state index in [9.17, 15) is 9.59 Å². The van der Waals surface area contributed by atoms with Crippen molar-refractivity contribution >= 4 is 23.7 Å². The maximum Gasteiger partial charge on any atom is 0.342 e. The quantitative estimate of drug-likeness (QED) is 0.405. The lowest BCUT2D eigenvalue weighted by Crippen LogP contribution is -2.41. The lowest BCUT2D eigenvalue weighted by molar-refractivity contribution is -0.128. The van der Waals surface area contributed by atoms with Gasteiger partial charge in [0.15, 0.2) is 0 Å². The lowest BCUT2D eigenvalue weighted by atomic mass is 10.1. The van der Waals surface area contributed by atoms with Gasteiger partial charge in [-0.2, -0.15) is 4.42 Å². The molecule has 0 radical (unpaired) electrons. The number of likely N-dealkylation sites (N-methyl/N-ethyl adjacent to an activating group) is 1. The van der Waals surface area contributed by atoms with Gasteiger partial charge in [0.1, 0.15) is 5.54 Å². The third kappa shape index (κ3) is 0.894. The van der Waals surface area contributed by atoms with Crippen molar-refractivity contribution in [3.8, 4) is 0 Å². The second kappa shape index (κ2) is 2.11. The van der Waals surface area contributed by atoms with Crippen molar-refractivity contribution in [2.24, 2.45) is 0 Å². The number of halogens is 1. The van der Waals surface area contributed by atoms with E-state index in [0.29, 0.717) is 4.42 Å². The summed E-state index contributed by atoms with van der Waals surface area (Å²) in [6.07, 6.45) is 0. The highest BCUT2D eigenvalue weighted by molar-refractivity contribution is 6.33. The standard InChI is InChI=1S/C6H9ClN2O2/c1-6(2)4(10)9(7)5(11)8(6)3/h1-3H3. The molecule has 1 aliphatic heterocycles. The summed E-state index contributed by atoms with van der Waals surface area (Å²) in [7, 11) is 1.54. The molecule has 0 aromatic rings. The Morgan fingerprint density at radius 2 is 1.82 bits per heavy atom. The van der Waals surface area contributed by atoms with Gasteiger partial charge in [0, 0.05) is 18.8 Å². The molecule has 0 aromatic heterocycles. The minimum atomic E-state index is -0.807. The van der Waals surface area contributed by atoms with Gasteiger partial charge in [-0.25, -0.2) is 4.79 Å². The first-order chi connectivity index (χ1) is 4.89. The smallest absolute Gasteiger partial charge is 0.312 e. The van der Waals surface area contributed by atoms with E-state index in [2.05, 4.69) is 0 Å². The molecule has 1 saturated heterocycles. The molecule has 11 heavy (non-hydrogen) atoms. The van der Waals surface area contributed by atoms with Crippen LogP contribution >= 0.6 is 11.8 Å². The van der Waals surface area contributed by atoms with Gasteiger partial charge in [0.2, 0.25) is 0 Å². The molecule has 5 heteroatoms. The number of hydrogen-bond acceptors (Lipinski definition) is 2. The van der Waals surface area contributed by atoms with Crippen LogP contribution in [0.25, 0.3) is 0 Å². The third-order valence-electron chi connectivity index (χ3n) is 2.00. The fourth-order valence-electron chi connectivity index (χ4n) is 0.841. The number of carbonyl (C=O) groups is 2. The molecule has 1 aliphatic rings. The van der Waals surface area contributed by atoms with Crippen molar-refractivity contribution in [3.05, 3.63) is 0 Å². The fourth-order valence-corrected chi connectivity index (χ4v) is 1.16. The van der Waals surface area contributed by atoms with Crippen LogP contribution in [0.5, 0.6) is 0 Å². The summed E-state index contributed by atoms with van der Waals surface area (Å²) >= 11 is 5.39. The monoisotopic (exact) mass is 176 g/mol. The summed E-state index contributed by atoms with van der Waals surface area (Å²) in [4.78, 5) is 23.5. The lowest BCUT2D eigenvalue weighted by Gasteiger charge is -2.22. The van der Waals surface area contributed by atoms with Crippen LogP contribution in [0.4, 0.5) is 4.79 Å². The van der Waals surface area contributed by atoms with Crippen LogP contribution in [0.15, 0.2) is 0 Å². The predicted octanol–water partition coefficient (Wildman–Crippen LogP) is 0.813. The molecule has 0 N–H and O–H groups in total. The molecular formula is C6H9ClN2O2. The third-order valence-corrected chi connectivity index (χ3v) is 2.29. The number of urea groups is 1. The number of carbonyl (C=O) groups excluding carboxylic acids is 2. The van der Waals surface area contributed by atoms with Crippen molar-refractivity contribution < 1.29 is 9.59 Å². The summed E-state index contributed by atoms with van der Waals surface area (Å²) in [6.45, 7) is 3.30. The van der Waals surface area contributed by atoms with E-state index < -0.39 is 11.6 Å². The molecule has 0 aromatic carbocycles. The van der Waals surface area contributed by atoms with E-state index in [1.165, 1.54) is 4.90 Å². The molecule has 1 fully saturated rings. The molecule has 1 rings (SSSR count). The zero-order valence-electron chi connectivity index (χ0n) is 6.59. The van der Waals surface area contributed by atoms with Crippen LogP contribution in [-0.4, -0.2) is 33.8 Å². The molecule has 0 saturated carbocycles. The van der Waals surface area contributed by atoms with Crippen molar-refractivity contribution in [1.29, 1.82) is 0 Å². The largest absolute Gasteiger partial charge is 0.342 e. The van der Waals surface area contributed by atoms with E-state index in [1.807, 2.05) is 0 Å². The average Bonchev–Trinajstić information content (AvgIpc) is 2.06. The summed E-state index contributed by atoms with van der Waals surface area (Å²) in [5, 5.41) is 0. The molecule has 1 heterocycles. The second-order valence-corrected chi connectivity index (χ2v) is 3.32. The number of amides is 3. The predicted molar refractivity (Wildman–Crippen MR) is 39.9 cm³/mol. The maximum absolute atomic E-state index is 11.2. The highest BCUT2D eigenvalue weighted by atomic mass is 35.5. The Bertz CT molecular complexity index is 227. The van der Waals surface area contributed by atoms with Crippen LogP contribution in [0.3, 0.4) is 0 Å². The topological polar surface area (TPSA) is 40.6 Å². The van der Waals surface area contributed by atoms with Crippen LogP contribution in [0, 0.1) is 0 Å². The highest BCUT2D eigenvalue weighted by Crippen LogP contribution is 2.26. The fraction of sp³-hybridized carbons (Fsp3) is 0.667. The molecule has 0 spiro atoms. The molecular weight excluding hydrogens is 168 g/mol. The SMILES string of the molecule is CN1C(=O)N(Cl)C(=O)C1(C)C. The summed E-state index contributed by atoms with van der Waals surface area (Å²) in [5.74, 6) is -0.383. The molecule has 62 valence electrons. The van der Waals surface area contributed by atoms with Gasteiger partial charge in [-0.15, -0.1) is 0 Å². The number of nitrogens with zero attached hydrogens (tertiary/aromatic N) is 2. The van der Waals surface area contributed by atoms with Gasteiger partial charge in [-0.3, -0.25) is 4.79 Å². The van der Waals surface area contributed by atoms with E-state index in [4.69, 9.17) is 11.8 Å². The zero-order valence-corrected chi connectivity index (χ0v) is 7.34. The Morgan fingerprint density at radius 1 is 1.36 bits per heavy atom. The minimum Gasteiger partial charge on any atom is -0.312 e. The molecule has 0 bridgehead atoms. The number of rotatable bonds is 0. The summed E-state index contributed by atoms with van der Waals surface area (Å²) in [6, 6.07) is -0.471. The van der Waals surface area contributed by atoms with Gasteiger partial charge in [0.25, 0.3) is 5.91 Å². The zero-order chi connectivity index (χ0) is 8.81.